The first-order chi connectivity index (χ1) is 18.0. The van der Waals surface area contributed by atoms with Crippen molar-refractivity contribution < 1.29 is 23.2 Å². The second-order valence-electron chi connectivity index (χ2n) is 11.0. The van der Waals surface area contributed by atoms with Crippen LogP contribution in [0.2, 0.25) is 5.02 Å². The van der Waals surface area contributed by atoms with Gasteiger partial charge in [-0.2, -0.15) is 5.26 Å². The van der Waals surface area contributed by atoms with Gasteiger partial charge in [0, 0.05) is 35.6 Å². The Bertz CT molecular complexity index is 1110. The maximum atomic E-state index is 15.1. The lowest BCUT2D eigenvalue weighted by Gasteiger charge is -2.54. The number of nitrogens with one attached hydrogen (secondary N) is 3. The second kappa shape index (κ2) is 11.4. The Balaban J connectivity index is 1.59. The van der Waals surface area contributed by atoms with Crippen molar-refractivity contribution in [2.45, 2.75) is 82.5 Å². The number of nitrogens with zero attached hydrogens (tertiary/aromatic N) is 2. The fourth-order valence-electron chi connectivity index (χ4n) is 6.03. The first-order valence-electron chi connectivity index (χ1n) is 13.2. The van der Waals surface area contributed by atoms with Crippen molar-refractivity contribution in [2.24, 2.45) is 17.8 Å². The summed E-state index contributed by atoms with van der Waals surface area (Å²) in [5, 5.41) is 18.6. The minimum Gasteiger partial charge on any atom is -0.374 e. The van der Waals surface area contributed by atoms with Gasteiger partial charge in [0.05, 0.1) is 12.0 Å². The number of hydrogen-bond donors (Lipinski definition) is 3. The number of piperidine rings is 2. The maximum Gasteiger partial charge on any atom is 0.255 e. The number of alkyl halides is 2. The monoisotopic (exact) mass is 549 g/mol. The maximum absolute atomic E-state index is 15.1. The minimum absolute atomic E-state index is 0.0888. The minimum atomic E-state index is -3.11. The lowest BCUT2D eigenvalue weighted by atomic mass is 9.71. The first-order valence-corrected chi connectivity index (χ1v) is 13.6. The normalized spacial score (nSPS) is 27.4. The molecule has 6 atom stereocenters. The molecular formula is C27H34ClF2N5O3. The Hall–Kier alpha value is -2.93. The molecule has 0 spiro atoms. The molecule has 2 bridgehead atoms. The van der Waals surface area contributed by atoms with Gasteiger partial charge in [-0.05, 0) is 56.2 Å². The Morgan fingerprint density at radius 2 is 2.05 bits per heavy atom. The summed E-state index contributed by atoms with van der Waals surface area (Å²) in [4.78, 5) is 40.9. The van der Waals surface area contributed by atoms with E-state index in [0.29, 0.717) is 36.5 Å². The van der Waals surface area contributed by atoms with Crippen LogP contribution in [0, 0.1) is 29.1 Å². The number of nitriles is 1. The summed E-state index contributed by atoms with van der Waals surface area (Å²) < 4.78 is 30.2. The van der Waals surface area contributed by atoms with Crippen molar-refractivity contribution >= 4 is 35.0 Å². The molecule has 3 aliphatic heterocycles. The lowest BCUT2D eigenvalue weighted by molar-refractivity contribution is -0.194. The summed E-state index contributed by atoms with van der Waals surface area (Å²) in [5.74, 6) is -6.18. The molecule has 3 amide bonds. The summed E-state index contributed by atoms with van der Waals surface area (Å²) in [6, 6.07) is 4.89. The lowest BCUT2D eigenvalue weighted by Crippen LogP contribution is -2.70. The van der Waals surface area contributed by atoms with Crippen LogP contribution < -0.4 is 16.0 Å². The number of amides is 3. The van der Waals surface area contributed by atoms with Crippen molar-refractivity contribution in [2.75, 3.05) is 11.9 Å². The van der Waals surface area contributed by atoms with E-state index in [1.165, 1.54) is 4.90 Å². The fraction of sp³-hybridized carbons (Fsp3) is 0.630. The molecule has 1 aromatic rings. The fourth-order valence-corrected chi connectivity index (χ4v) is 6.22. The van der Waals surface area contributed by atoms with Crippen molar-refractivity contribution in [3.8, 4) is 6.07 Å². The molecular weight excluding hydrogens is 516 g/mol. The highest BCUT2D eigenvalue weighted by molar-refractivity contribution is 6.30. The Labute approximate surface area is 226 Å². The molecule has 0 aromatic heterocycles. The Kier molecular flexibility index (Phi) is 8.46. The molecule has 0 radical (unpaired) electrons. The molecule has 8 nitrogen and oxygen atoms in total. The predicted octanol–water partition coefficient (Wildman–Crippen LogP) is 3.72. The molecule has 4 aliphatic rings. The van der Waals surface area contributed by atoms with Crippen LogP contribution in [0.4, 0.5) is 14.5 Å². The number of carbonyl (C=O) groups is 3. The van der Waals surface area contributed by atoms with E-state index in [1.54, 1.807) is 24.3 Å². The van der Waals surface area contributed by atoms with E-state index in [-0.39, 0.29) is 24.7 Å². The van der Waals surface area contributed by atoms with Crippen LogP contribution in [0.3, 0.4) is 0 Å². The van der Waals surface area contributed by atoms with Gasteiger partial charge in [-0.3, -0.25) is 14.4 Å². The van der Waals surface area contributed by atoms with Gasteiger partial charge in [-0.1, -0.05) is 31.5 Å². The SMILES string of the molecule is CC(C)C[C@@H](Nc1cccc(Cl)c1)C(=O)N1[C@@H]2CC[C@H]([C@H]1C(=O)N[C@H](C#N)C[C@@H]1CCNC1=O)C(F)(F)C2. The van der Waals surface area contributed by atoms with E-state index >= 15 is 8.78 Å². The number of halogens is 3. The summed E-state index contributed by atoms with van der Waals surface area (Å²) in [7, 11) is 0. The number of anilines is 1. The molecule has 5 rings (SSSR count). The van der Waals surface area contributed by atoms with Gasteiger partial charge in [0.1, 0.15) is 18.1 Å². The molecule has 3 heterocycles. The van der Waals surface area contributed by atoms with Crippen molar-refractivity contribution in [3.05, 3.63) is 29.3 Å². The highest BCUT2D eigenvalue weighted by atomic mass is 35.5. The molecule has 1 aliphatic carbocycles. The third kappa shape index (κ3) is 6.04. The zero-order chi connectivity index (χ0) is 27.6. The van der Waals surface area contributed by atoms with Gasteiger partial charge >= 0.3 is 0 Å². The van der Waals surface area contributed by atoms with Crippen LogP contribution in [0.5, 0.6) is 0 Å². The molecule has 38 heavy (non-hydrogen) atoms. The third-order valence-corrected chi connectivity index (χ3v) is 8.02. The molecule has 11 heteroatoms. The summed E-state index contributed by atoms with van der Waals surface area (Å²) in [5.41, 5.74) is 0.615. The molecule has 3 saturated heterocycles. The van der Waals surface area contributed by atoms with Crippen LogP contribution in [-0.2, 0) is 14.4 Å². The standard InChI is InChI=1S/C27H34ClF2N5O3/c1-15(2)10-22(33-18-5-3-4-17(28)12-18)26(38)35-20-6-7-21(27(29,30)13-20)23(35)25(37)34-19(14-31)11-16-8-9-32-24(16)36/h3-5,12,15-16,19-23,33H,6-11,13H2,1-2H3,(H,32,36)(H,34,37)/t16-,19-,20+,21+,22+,23-/m0/s1. The largest absolute Gasteiger partial charge is 0.374 e. The van der Waals surface area contributed by atoms with Crippen LogP contribution in [-0.4, -0.2) is 59.3 Å². The highest BCUT2D eigenvalue weighted by Gasteiger charge is 2.61. The Morgan fingerprint density at radius 1 is 1.29 bits per heavy atom. The van der Waals surface area contributed by atoms with E-state index in [2.05, 4.69) is 16.0 Å². The van der Waals surface area contributed by atoms with Crippen LogP contribution in [0.25, 0.3) is 0 Å². The van der Waals surface area contributed by atoms with Crippen LogP contribution >= 0.6 is 11.6 Å². The van der Waals surface area contributed by atoms with Crippen LogP contribution in [0.1, 0.15) is 52.4 Å². The van der Waals surface area contributed by atoms with E-state index in [0.717, 1.165) is 0 Å². The van der Waals surface area contributed by atoms with Gasteiger partial charge in [0.2, 0.25) is 17.7 Å². The topological polar surface area (TPSA) is 114 Å². The van der Waals surface area contributed by atoms with E-state index in [4.69, 9.17) is 11.6 Å². The molecule has 3 N–H and O–H groups in total. The molecule has 0 unspecified atom stereocenters. The quantitative estimate of drug-likeness (QED) is 0.434. The zero-order valence-corrected chi connectivity index (χ0v) is 22.3. The van der Waals surface area contributed by atoms with E-state index in [9.17, 15) is 19.6 Å². The number of fused-ring (bicyclic) bond motifs is 3. The number of carbonyl (C=O) groups excluding carboxylic acids is 3. The summed E-state index contributed by atoms with van der Waals surface area (Å²) in [6.07, 6.45) is 1.04. The molecule has 4 fully saturated rings. The number of benzene rings is 1. The first kappa shape index (κ1) is 28.1. The smallest absolute Gasteiger partial charge is 0.255 e. The van der Waals surface area contributed by atoms with Gasteiger partial charge in [0.15, 0.2) is 0 Å². The predicted molar refractivity (Wildman–Crippen MR) is 138 cm³/mol. The molecule has 1 aromatic carbocycles. The van der Waals surface area contributed by atoms with Crippen LogP contribution in [0.15, 0.2) is 24.3 Å². The second-order valence-corrected chi connectivity index (χ2v) is 11.5. The number of hydrogen-bond acceptors (Lipinski definition) is 5. The van der Waals surface area contributed by atoms with Crippen molar-refractivity contribution in [3.63, 3.8) is 0 Å². The molecule has 1 saturated carbocycles. The Morgan fingerprint density at radius 3 is 2.66 bits per heavy atom. The van der Waals surface area contributed by atoms with Gasteiger partial charge in [-0.25, -0.2) is 8.78 Å². The average molecular weight is 550 g/mol. The third-order valence-electron chi connectivity index (χ3n) is 7.78. The average Bonchev–Trinajstić information content (AvgIpc) is 3.25. The van der Waals surface area contributed by atoms with Crippen molar-refractivity contribution in [1.29, 1.82) is 5.26 Å². The van der Waals surface area contributed by atoms with E-state index in [1.807, 2.05) is 19.9 Å². The van der Waals surface area contributed by atoms with Gasteiger partial charge in [-0.15, -0.1) is 0 Å². The van der Waals surface area contributed by atoms with Crippen molar-refractivity contribution in [1.82, 2.24) is 15.5 Å². The highest BCUT2D eigenvalue weighted by Crippen LogP contribution is 2.49. The van der Waals surface area contributed by atoms with Gasteiger partial charge < -0.3 is 20.9 Å². The molecule has 206 valence electrons. The summed E-state index contributed by atoms with van der Waals surface area (Å²) >= 11 is 6.12. The summed E-state index contributed by atoms with van der Waals surface area (Å²) in [6.45, 7) is 4.40. The van der Waals surface area contributed by atoms with E-state index < -0.39 is 60.2 Å². The zero-order valence-electron chi connectivity index (χ0n) is 21.6. The van der Waals surface area contributed by atoms with Gasteiger partial charge in [0.25, 0.3) is 5.92 Å². The number of rotatable bonds is 9.